The monoisotopic (exact) mass is 347 g/mol. The molecule has 0 bridgehead atoms. The molecule has 2 rings (SSSR count). The maximum absolute atomic E-state index is 4.75. The van der Waals surface area contributed by atoms with Gasteiger partial charge in [-0.3, -0.25) is 0 Å². The van der Waals surface area contributed by atoms with Crippen LogP contribution in [-0.2, 0) is 6.42 Å². The summed E-state index contributed by atoms with van der Waals surface area (Å²) in [6, 6.07) is 6.23. The fraction of sp³-hybridized carbons (Fsp3) is 0.412. The highest BCUT2D eigenvalue weighted by Crippen LogP contribution is 2.26. The number of benzene rings is 1. The Morgan fingerprint density at radius 2 is 1.90 bits per heavy atom. The van der Waals surface area contributed by atoms with Crippen LogP contribution in [-0.4, -0.2) is 16.5 Å². The van der Waals surface area contributed by atoms with E-state index < -0.39 is 0 Å². The van der Waals surface area contributed by atoms with Crippen molar-refractivity contribution >= 4 is 21.7 Å². The summed E-state index contributed by atoms with van der Waals surface area (Å²) in [5.41, 5.74) is 4.51. The SMILES string of the molecule is CCCNc1nc(-c2ccc(Br)c(C)c2)nc(C)c1CC. The van der Waals surface area contributed by atoms with Crippen LogP contribution in [0.1, 0.15) is 37.1 Å². The van der Waals surface area contributed by atoms with Gasteiger partial charge in [-0.15, -0.1) is 0 Å². The Morgan fingerprint density at radius 3 is 2.52 bits per heavy atom. The van der Waals surface area contributed by atoms with Crippen LogP contribution in [0.15, 0.2) is 22.7 Å². The number of nitrogens with zero attached hydrogens (tertiary/aromatic N) is 2. The first-order valence-electron chi connectivity index (χ1n) is 7.44. The summed E-state index contributed by atoms with van der Waals surface area (Å²) in [6.45, 7) is 9.38. The molecule has 1 aromatic carbocycles. The van der Waals surface area contributed by atoms with Gasteiger partial charge in [0.2, 0.25) is 0 Å². The van der Waals surface area contributed by atoms with E-state index in [4.69, 9.17) is 4.98 Å². The van der Waals surface area contributed by atoms with Gasteiger partial charge in [0.15, 0.2) is 5.82 Å². The van der Waals surface area contributed by atoms with E-state index in [-0.39, 0.29) is 0 Å². The van der Waals surface area contributed by atoms with Gasteiger partial charge in [0, 0.05) is 27.8 Å². The van der Waals surface area contributed by atoms with E-state index >= 15 is 0 Å². The zero-order valence-electron chi connectivity index (χ0n) is 13.1. The highest BCUT2D eigenvalue weighted by Gasteiger charge is 2.11. The minimum Gasteiger partial charge on any atom is -0.370 e. The van der Waals surface area contributed by atoms with E-state index in [9.17, 15) is 0 Å². The highest BCUT2D eigenvalue weighted by atomic mass is 79.9. The summed E-state index contributed by atoms with van der Waals surface area (Å²) in [6.07, 6.45) is 2.02. The molecule has 1 heterocycles. The van der Waals surface area contributed by atoms with Crippen LogP contribution >= 0.6 is 15.9 Å². The van der Waals surface area contributed by atoms with Crippen molar-refractivity contribution in [2.24, 2.45) is 0 Å². The van der Waals surface area contributed by atoms with Crippen molar-refractivity contribution in [3.05, 3.63) is 39.5 Å². The largest absolute Gasteiger partial charge is 0.370 e. The van der Waals surface area contributed by atoms with Crippen LogP contribution in [0, 0.1) is 13.8 Å². The van der Waals surface area contributed by atoms with E-state index in [1.165, 1.54) is 11.1 Å². The van der Waals surface area contributed by atoms with Crippen LogP contribution < -0.4 is 5.32 Å². The Labute approximate surface area is 135 Å². The molecular formula is C17H22BrN3. The second kappa shape index (κ2) is 7.03. The number of nitrogens with one attached hydrogen (secondary N) is 1. The molecule has 3 nitrogen and oxygen atoms in total. The molecule has 0 saturated carbocycles. The number of aromatic nitrogens is 2. The molecule has 0 unspecified atom stereocenters. The fourth-order valence-electron chi connectivity index (χ4n) is 2.32. The Balaban J connectivity index is 2.48. The van der Waals surface area contributed by atoms with Crippen LogP contribution in [0.3, 0.4) is 0 Å². The van der Waals surface area contributed by atoms with Gasteiger partial charge in [0.05, 0.1) is 0 Å². The van der Waals surface area contributed by atoms with Crippen LogP contribution in [0.2, 0.25) is 0 Å². The van der Waals surface area contributed by atoms with Crippen molar-refractivity contribution in [2.75, 3.05) is 11.9 Å². The average Bonchev–Trinajstić information content (AvgIpc) is 2.47. The number of aryl methyl sites for hydroxylation is 2. The molecular weight excluding hydrogens is 326 g/mol. The number of hydrogen-bond acceptors (Lipinski definition) is 3. The van der Waals surface area contributed by atoms with Crippen molar-refractivity contribution in [2.45, 2.75) is 40.5 Å². The molecule has 0 amide bonds. The second-order valence-electron chi connectivity index (χ2n) is 5.20. The number of anilines is 1. The van der Waals surface area contributed by atoms with Crippen molar-refractivity contribution in [1.29, 1.82) is 0 Å². The molecule has 21 heavy (non-hydrogen) atoms. The van der Waals surface area contributed by atoms with Gasteiger partial charge in [0.25, 0.3) is 0 Å². The van der Waals surface area contributed by atoms with Crippen molar-refractivity contribution in [3.8, 4) is 11.4 Å². The Bertz CT molecular complexity index is 638. The van der Waals surface area contributed by atoms with Gasteiger partial charge in [-0.05, 0) is 44.4 Å². The molecule has 4 heteroatoms. The normalized spacial score (nSPS) is 10.7. The first-order valence-corrected chi connectivity index (χ1v) is 8.24. The third kappa shape index (κ3) is 3.62. The van der Waals surface area contributed by atoms with Gasteiger partial charge < -0.3 is 5.32 Å². The highest BCUT2D eigenvalue weighted by molar-refractivity contribution is 9.10. The lowest BCUT2D eigenvalue weighted by Gasteiger charge is -2.14. The van der Waals surface area contributed by atoms with Gasteiger partial charge >= 0.3 is 0 Å². The number of halogens is 1. The smallest absolute Gasteiger partial charge is 0.161 e. The van der Waals surface area contributed by atoms with Gasteiger partial charge in [-0.1, -0.05) is 35.8 Å². The molecule has 0 fully saturated rings. The third-order valence-corrected chi connectivity index (χ3v) is 4.42. The average molecular weight is 348 g/mol. The summed E-state index contributed by atoms with van der Waals surface area (Å²) in [4.78, 5) is 9.43. The van der Waals surface area contributed by atoms with Crippen LogP contribution in [0.5, 0.6) is 0 Å². The van der Waals surface area contributed by atoms with E-state index in [0.29, 0.717) is 0 Å². The number of hydrogen-bond donors (Lipinski definition) is 1. The summed E-state index contributed by atoms with van der Waals surface area (Å²) in [5, 5.41) is 3.43. The predicted molar refractivity (Wildman–Crippen MR) is 92.8 cm³/mol. The van der Waals surface area contributed by atoms with Crippen LogP contribution in [0.25, 0.3) is 11.4 Å². The molecule has 112 valence electrons. The molecule has 0 spiro atoms. The third-order valence-electron chi connectivity index (χ3n) is 3.53. The lowest BCUT2D eigenvalue weighted by atomic mass is 10.1. The first-order chi connectivity index (χ1) is 10.1. The maximum Gasteiger partial charge on any atom is 0.161 e. The van der Waals surface area contributed by atoms with Crippen molar-refractivity contribution in [1.82, 2.24) is 9.97 Å². The lowest BCUT2D eigenvalue weighted by molar-refractivity contribution is 0.938. The minimum absolute atomic E-state index is 0.791. The first kappa shape index (κ1) is 16.0. The Kier molecular flexibility index (Phi) is 5.34. The van der Waals surface area contributed by atoms with E-state index in [0.717, 1.165) is 46.8 Å². The summed E-state index contributed by atoms with van der Waals surface area (Å²) in [5.74, 6) is 1.77. The van der Waals surface area contributed by atoms with E-state index in [1.54, 1.807) is 0 Å². The zero-order chi connectivity index (χ0) is 15.4. The minimum atomic E-state index is 0.791. The quantitative estimate of drug-likeness (QED) is 0.834. The molecule has 0 aliphatic rings. The maximum atomic E-state index is 4.75. The lowest BCUT2D eigenvalue weighted by Crippen LogP contribution is -2.09. The second-order valence-corrected chi connectivity index (χ2v) is 6.06. The van der Waals surface area contributed by atoms with Gasteiger partial charge in [0.1, 0.15) is 5.82 Å². The molecule has 1 aromatic heterocycles. The predicted octanol–water partition coefficient (Wildman–Crippen LogP) is 4.91. The molecule has 0 radical (unpaired) electrons. The molecule has 1 N–H and O–H groups in total. The molecule has 2 aromatic rings. The van der Waals surface area contributed by atoms with E-state index in [1.807, 2.05) is 0 Å². The molecule has 0 saturated heterocycles. The molecule has 0 aliphatic heterocycles. The van der Waals surface area contributed by atoms with Crippen molar-refractivity contribution < 1.29 is 0 Å². The van der Waals surface area contributed by atoms with Gasteiger partial charge in [-0.2, -0.15) is 0 Å². The summed E-state index contributed by atoms with van der Waals surface area (Å²) >= 11 is 3.53. The zero-order valence-corrected chi connectivity index (χ0v) is 14.7. The standard InChI is InChI=1S/C17H22BrN3/c1-5-9-19-17-14(6-2)12(4)20-16(21-17)13-7-8-15(18)11(3)10-13/h7-8,10H,5-6,9H2,1-4H3,(H,19,20,21). The molecule has 0 atom stereocenters. The Hall–Kier alpha value is -1.42. The van der Waals surface area contributed by atoms with E-state index in [2.05, 4.69) is 72.1 Å². The van der Waals surface area contributed by atoms with Crippen molar-refractivity contribution in [3.63, 3.8) is 0 Å². The Morgan fingerprint density at radius 1 is 1.14 bits per heavy atom. The topological polar surface area (TPSA) is 37.8 Å². The van der Waals surface area contributed by atoms with Gasteiger partial charge in [-0.25, -0.2) is 9.97 Å². The summed E-state index contributed by atoms with van der Waals surface area (Å²) < 4.78 is 1.11. The fourth-order valence-corrected chi connectivity index (χ4v) is 2.57. The molecule has 0 aliphatic carbocycles. The van der Waals surface area contributed by atoms with Crippen LogP contribution in [0.4, 0.5) is 5.82 Å². The number of rotatable bonds is 5. The summed E-state index contributed by atoms with van der Waals surface area (Å²) in [7, 11) is 0.